The normalized spacial score (nSPS) is 43.9. The van der Waals surface area contributed by atoms with Crippen LogP contribution in [-0.2, 0) is 9.47 Å². The van der Waals surface area contributed by atoms with Gasteiger partial charge in [-0.05, 0) is 31.1 Å². The van der Waals surface area contributed by atoms with Crippen LogP contribution in [-0.4, -0.2) is 30.7 Å². The average Bonchev–Trinajstić information content (AvgIpc) is 2.84. The minimum atomic E-state index is -0.233. The molecule has 1 N–H and O–H groups in total. The van der Waals surface area contributed by atoms with E-state index in [1.165, 1.54) is 12.8 Å². The van der Waals surface area contributed by atoms with Crippen LogP contribution < -0.4 is 0 Å². The Labute approximate surface area is 84.4 Å². The zero-order valence-electron chi connectivity index (χ0n) is 8.45. The first kappa shape index (κ1) is 9.13. The van der Waals surface area contributed by atoms with E-state index in [9.17, 15) is 0 Å². The molecule has 1 heterocycles. The van der Waals surface area contributed by atoms with Crippen molar-refractivity contribution in [3.63, 3.8) is 0 Å². The molecule has 3 atom stereocenters. The highest BCUT2D eigenvalue weighted by molar-refractivity contribution is 5.03. The van der Waals surface area contributed by atoms with Crippen molar-refractivity contribution in [3.8, 4) is 0 Å². The number of hydrogen-bond donors (Lipinski definition) is 1. The lowest BCUT2D eigenvalue weighted by Gasteiger charge is -2.32. The number of aliphatic hydroxyl groups is 1. The molecule has 1 saturated heterocycles. The molecule has 0 amide bonds. The zero-order valence-corrected chi connectivity index (χ0v) is 8.45. The summed E-state index contributed by atoms with van der Waals surface area (Å²) in [4.78, 5) is 0. The maximum absolute atomic E-state index is 9.04. The summed E-state index contributed by atoms with van der Waals surface area (Å²) in [6, 6.07) is 0. The first-order valence-electron chi connectivity index (χ1n) is 5.74. The molecule has 3 fully saturated rings. The Hall–Kier alpha value is -0.120. The Kier molecular flexibility index (Phi) is 2.08. The van der Waals surface area contributed by atoms with Gasteiger partial charge >= 0.3 is 0 Å². The zero-order chi connectivity index (χ0) is 9.60. The van der Waals surface area contributed by atoms with E-state index in [0.29, 0.717) is 18.4 Å². The number of fused-ring (bicyclic) bond motifs is 3. The van der Waals surface area contributed by atoms with Crippen LogP contribution in [0.3, 0.4) is 0 Å². The summed E-state index contributed by atoms with van der Waals surface area (Å²) in [6.07, 6.45) is 4.55. The molecule has 0 aromatic carbocycles. The summed E-state index contributed by atoms with van der Waals surface area (Å²) in [6.45, 7) is 1.83. The van der Waals surface area contributed by atoms with E-state index in [0.717, 1.165) is 32.0 Å². The average molecular weight is 198 g/mol. The molecule has 2 aliphatic carbocycles. The van der Waals surface area contributed by atoms with Crippen LogP contribution in [0.25, 0.3) is 0 Å². The van der Waals surface area contributed by atoms with Crippen molar-refractivity contribution < 1.29 is 14.6 Å². The summed E-state index contributed by atoms with van der Waals surface area (Å²) in [7, 11) is 0. The Morgan fingerprint density at radius 3 is 2.71 bits per heavy atom. The van der Waals surface area contributed by atoms with Crippen LogP contribution in [0.1, 0.15) is 25.7 Å². The maximum atomic E-state index is 9.04. The third kappa shape index (κ3) is 1.09. The fourth-order valence-electron chi connectivity index (χ4n) is 3.86. The fourth-order valence-corrected chi connectivity index (χ4v) is 3.86. The van der Waals surface area contributed by atoms with E-state index in [4.69, 9.17) is 14.6 Å². The maximum Gasteiger partial charge on any atom is 0.171 e. The van der Waals surface area contributed by atoms with E-state index in [-0.39, 0.29) is 5.79 Å². The van der Waals surface area contributed by atoms with Crippen LogP contribution in [0.15, 0.2) is 0 Å². The van der Waals surface area contributed by atoms with E-state index < -0.39 is 0 Å². The van der Waals surface area contributed by atoms with Crippen LogP contribution in [0.4, 0.5) is 0 Å². The highest BCUT2D eigenvalue weighted by Gasteiger charge is 2.59. The van der Waals surface area contributed by atoms with Gasteiger partial charge in [0, 0.05) is 18.9 Å². The molecule has 2 bridgehead atoms. The third-order valence-corrected chi connectivity index (χ3v) is 4.32. The van der Waals surface area contributed by atoms with Crippen LogP contribution in [0.2, 0.25) is 0 Å². The molecule has 0 radical (unpaired) electrons. The van der Waals surface area contributed by atoms with Crippen molar-refractivity contribution in [2.24, 2.45) is 17.8 Å². The molecule has 0 aromatic rings. The second kappa shape index (κ2) is 3.19. The van der Waals surface area contributed by atoms with E-state index in [2.05, 4.69) is 0 Å². The molecular weight excluding hydrogens is 180 g/mol. The molecule has 1 aliphatic heterocycles. The van der Waals surface area contributed by atoms with Crippen molar-refractivity contribution in [1.29, 1.82) is 0 Å². The lowest BCUT2D eigenvalue weighted by atomic mass is 9.92. The molecule has 3 heteroatoms. The van der Waals surface area contributed by atoms with Gasteiger partial charge in [-0.2, -0.15) is 0 Å². The van der Waals surface area contributed by atoms with Gasteiger partial charge in [0.05, 0.1) is 13.2 Å². The summed E-state index contributed by atoms with van der Waals surface area (Å²) in [5.41, 5.74) is 0. The van der Waals surface area contributed by atoms with Crippen molar-refractivity contribution in [1.82, 2.24) is 0 Å². The summed E-state index contributed by atoms with van der Waals surface area (Å²) in [5, 5.41) is 9.04. The predicted molar refractivity (Wildman–Crippen MR) is 50.7 cm³/mol. The first-order chi connectivity index (χ1) is 6.86. The number of rotatable bonds is 2. The second-order valence-electron chi connectivity index (χ2n) is 4.83. The molecule has 2 saturated carbocycles. The lowest BCUT2D eigenvalue weighted by Crippen LogP contribution is -2.37. The van der Waals surface area contributed by atoms with E-state index in [1.54, 1.807) is 0 Å². The third-order valence-electron chi connectivity index (χ3n) is 4.32. The SMILES string of the molecule is OCCC1C2CCC1C1(C2)OCCO1. The van der Waals surface area contributed by atoms with Gasteiger partial charge in [0.2, 0.25) is 0 Å². The minimum Gasteiger partial charge on any atom is -0.396 e. The van der Waals surface area contributed by atoms with Crippen molar-refractivity contribution in [2.75, 3.05) is 19.8 Å². The van der Waals surface area contributed by atoms with E-state index in [1.807, 2.05) is 0 Å². The molecule has 3 nitrogen and oxygen atoms in total. The molecule has 3 rings (SSSR count). The van der Waals surface area contributed by atoms with Gasteiger partial charge in [-0.3, -0.25) is 0 Å². The number of aliphatic hydroxyl groups excluding tert-OH is 1. The van der Waals surface area contributed by atoms with Gasteiger partial charge in [0.25, 0.3) is 0 Å². The minimum absolute atomic E-state index is 0.233. The highest BCUT2D eigenvalue weighted by atomic mass is 16.7. The van der Waals surface area contributed by atoms with Crippen molar-refractivity contribution >= 4 is 0 Å². The lowest BCUT2D eigenvalue weighted by molar-refractivity contribution is -0.193. The van der Waals surface area contributed by atoms with Gasteiger partial charge in [-0.1, -0.05) is 0 Å². The Morgan fingerprint density at radius 1 is 1.21 bits per heavy atom. The van der Waals surface area contributed by atoms with Crippen LogP contribution in [0, 0.1) is 17.8 Å². The molecule has 14 heavy (non-hydrogen) atoms. The summed E-state index contributed by atoms with van der Waals surface area (Å²) in [5.74, 6) is 1.72. The van der Waals surface area contributed by atoms with Gasteiger partial charge < -0.3 is 14.6 Å². The molecule has 1 spiro atoms. The Balaban J connectivity index is 1.80. The monoisotopic (exact) mass is 198 g/mol. The first-order valence-corrected chi connectivity index (χ1v) is 5.74. The quantitative estimate of drug-likeness (QED) is 0.723. The van der Waals surface area contributed by atoms with Crippen LogP contribution in [0.5, 0.6) is 0 Å². The van der Waals surface area contributed by atoms with Gasteiger partial charge in [0.1, 0.15) is 0 Å². The fraction of sp³-hybridized carbons (Fsp3) is 1.00. The van der Waals surface area contributed by atoms with Crippen LogP contribution >= 0.6 is 0 Å². The van der Waals surface area contributed by atoms with Gasteiger partial charge in [-0.25, -0.2) is 0 Å². The topological polar surface area (TPSA) is 38.7 Å². The summed E-state index contributed by atoms with van der Waals surface area (Å²) < 4.78 is 11.6. The molecule has 3 unspecified atom stereocenters. The molecular formula is C11H18O3. The standard InChI is InChI=1S/C11H18O3/c12-4-3-9-8-1-2-10(9)11(7-8)13-5-6-14-11/h8-10,12H,1-7H2. The van der Waals surface area contributed by atoms with E-state index >= 15 is 0 Å². The van der Waals surface area contributed by atoms with Crippen molar-refractivity contribution in [3.05, 3.63) is 0 Å². The smallest absolute Gasteiger partial charge is 0.171 e. The second-order valence-corrected chi connectivity index (χ2v) is 4.83. The summed E-state index contributed by atoms with van der Waals surface area (Å²) >= 11 is 0. The highest BCUT2D eigenvalue weighted by Crippen LogP contribution is 2.58. The number of hydrogen-bond acceptors (Lipinski definition) is 3. The molecule has 80 valence electrons. The van der Waals surface area contributed by atoms with Crippen molar-refractivity contribution in [2.45, 2.75) is 31.5 Å². The molecule has 0 aromatic heterocycles. The number of ether oxygens (including phenoxy) is 2. The predicted octanol–water partition coefficient (Wildman–Crippen LogP) is 1.16. The van der Waals surface area contributed by atoms with Gasteiger partial charge in [0.15, 0.2) is 5.79 Å². The Morgan fingerprint density at radius 2 is 2.00 bits per heavy atom. The molecule has 3 aliphatic rings. The largest absolute Gasteiger partial charge is 0.396 e. The Bertz CT molecular complexity index is 223. The van der Waals surface area contributed by atoms with Gasteiger partial charge in [-0.15, -0.1) is 0 Å².